The van der Waals surface area contributed by atoms with Crippen LogP contribution >= 0.6 is 0 Å². The second-order valence-corrected chi connectivity index (χ2v) is 14.1. The van der Waals surface area contributed by atoms with E-state index in [0.717, 1.165) is 99.0 Å². The van der Waals surface area contributed by atoms with Crippen molar-refractivity contribution in [3.63, 3.8) is 0 Å². The lowest BCUT2D eigenvalue weighted by molar-refractivity contribution is 0.669. The van der Waals surface area contributed by atoms with Gasteiger partial charge < -0.3 is 9.73 Å². The van der Waals surface area contributed by atoms with Gasteiger partial charge in [0, 0.05) is 44.2 Å². The molecule has 0 aliphatic carbocycles. The lowest BCUT2D eigenvalue weighted by atomic mass is 9.89. The summed E-state index contributed by atoms with van der Waals surface area (Å²) in [6.07, 6.45) is -0.383. The molecule has 11 rings (SSSR count). The Bertz CT molecular complexity index is 3240. The van der Waals surface area contributed by atoms with E-state index in [2.05, 4.69) is 170 Å². The van der Waals surface area contributed by atoms with Crippen molar-refractivity contribution in [2.45, 2.75) is 6.17 Å². The summed E-state index contributed by atoms with van der Waals surface area (Å²) in [4.78, 5) is 10.6. The summed E-state index contributed by atoms with van der Waals surface area (Å²) in [6, 6.07) is 65.7. The Balaban J connectivity index is 1.13. The second-order valence-electron chi connectivity index (χ2n) is 14.1. The van der Waals surface area contributed by atoms with Crippen molar-refractivity contribution in [3.05, 3.63) is 215 Å². The minimum Gasteiger partial charge on any atom is -0.659 e. The maximum Gasteiger partial charge on any atom is 0.136 e. The number of pyridine rings is 1. The van der Waals surface area contributed by atoms with Gasteiger partial charge in [0.1, 0.15) is 11.2 Å². The van der Waals surface area contributed by atoms with E-state index in [0.29, 0.717) is 0 Å². The van der Waals surface area contributed by atoms with Gasteiger partial charge in [-0.05, 0) is 63.4 Å². The third kappa shape index (κ3) is 5.22. The fraction of sp³-hybridized carbons (Fsp3) is 0.0196. The average molecular weight is 703 g/mol. The van der Waals surface area contributed by atoms with E-state index < -0.39 is 0 Å². The molecule has 258 valence electrons. The molecule has 4 nitrogen and oxygen atoms in total. The minimum atomic E-state index is -0.383. The van der Waals surface area contributed by atoms with E-state index in [1.165, 1.54) is 5.56 Å². The molecule has 3 heterocycles. The van der Waals surface area contributed by atoms with Crippen LogP contribution in [0.3, 0.4) is 0 Å². The molecule has 1 unspecified atom stereocenters. The molecule has 0 saturated heterocycles. The Morgan fingerprint density at radius 3 is 2.00 bits per heavy atom. The number of aromatic nitrogens is 1. The smallest absolute Gasteiger partial charge is 0.136 e. The first-order chi connectivity index (χ1) is 27.3. The molecule has 0 fully saturated rings. The highest BCUT2D eigenvalue weighted by molar-refractivity contribution is 6.27. The van der Waals surface area contributed by atoms with E-state index in [4.69, 9.17) is 19.7 Å². The predicted octanol–water partition coefficient (Wildman–Crippen LogP) is 12.2. The summed E-state index contributed by atoms with van der Waals surface area (Å²) >= 11 is 0. The van der Waals surface area contributed by atoms with Crippen LogP contribution in [0.4, 0.5) is 0 Å². The highest BCUT2D eigenvalue weighted by Gasteiger charge is 2.22. The number of benzene rings is 8. The van der Waals surface area contributed by atoms with Gasteiger partial charge in [-0.2, -0.15) is 0 Å². The third-order valence-electron chi connectivity index (χ3n) is 10.8. The second kappa shape index (κ2) is 12.7. The normalized spacial score (nSPS) is 13.9. The van der Waals surface area contributed by atoms with Crippen molar-refractivity contribution in [3.8, 4) is 33.5 Å². The first-order valence-electron chi connectivity index (χ1n) is 18.6. The first-order valence-corrected chi connectivity index (χ1v) is 18.6. The Morgan fingerprint density at radius 2 is 1.13 bits per heavy atom. The van der Waals surface area contributed by atoms with Gasteiger partial charge in [-0.25, -0.2) is 4.98 Å². The summed E-state index contributed by atoms with van der Waals surface area (Å²) < 4.78 is 6.62. The molecule has 0 bridgehead atoms. The SMILES string of the molecule is c1ccc(-c2cccc(C3N=c4ccccc4=C(c4cccc(-c5nc6ccccc6c6c(-c7ccccc7)c7c(cc56)oc5ccccc57)c4)[N-]3)c2)cc1. The van der Waals surface area contributed by atoms with E-state index in [-0.39, 0.29) is 6.17 Å². The lowest BCUT2D eigenvalue weighted by Gasteiger charge is -2.36. The Morgan fingerprint density at radius 1 is 0.455 bits per heavy atom. The van der Waals surface area contributed by atoms with Gasteiger partial charge in [0.25, 0.3) is 0 Å². The standard InChI is InChI=1S/C51H32N3O/c1-3-15-32(16-4-1)34-19-13-22-37(29-34)51-53-43-27-11-8-24-39(43)49(54-51)35-20-14-21-36(30-35)50-41-31-45-48(40-25-9-12-28-44(40)55-45)46(33-17-5-2-6-18-33)47(41)38-23-7-10-26-42(38)52-50/h1-31,51H/q-1. The number of furan rings is 1. The maximum absolute atomic E-state index is 6.62. The van der Waals surface area contributed by atoms with Crippen LogP contribution in [0, 0.1) is 0 Å². The summed E-state index contributed by atoms with van der Waals surface area (Å²) in [5.41, 5.74) is 12.1. The molecule has 1 atom stereocenters. The van der Waals surface area contributed by atoms with Gasteiger partial charge in [-0.3, -0.25) is 4.99 Å². The summed E-state index contributed by atoms with van der Waals surface area (Å²) in [5, 5.41) is 12.9. The van der Waals surface area contributed by atoms with Crippen LogP contribution in [0.2, 0.25) is 0 Å². The van der Waals surface area contributed by atoms with E-state index in [9.17, 15) is 0 Å². The van der Waals surface area contributed by atoms with Crippen molar-refractivity contribution < 1.29 is 4.42 Å². The molecule has 2 aromatic heterocycles. The first kappa shape index (κ1) is 31.2. The van der Waals surface area contributed by atoms with Gasteiger partial charge in [0.15, 0.2) is 0 Å². The molecule has 8 aromatic carbocycles. The molecule has 0 N–H and O–H groups in total. The lowest BCUT2D eigenvalue weighted by Crippen LogP contribution is -2.31. The third-order valence-corrected chi connectivity index (χ3v) is 10.8. The van der Waals surface area contributed by atoms with Crippen molar-refractivity contribution >= 4 is 49.3 Å². The number of nitrogens with zero attached hydrogens (tertiary/aromatic N) is 3. The fourth-order valence-corrected chi connectivity index (χ4v) is 8.27. The van der Waals surface area contributed by atoms with Gasteiger partial charge in [0.2, 0.25) is 0 Å². The van der Waals surface area contributed by atoms with Crippen LogP contribution in [0.25, 0.3) is 88.1 Å². The Kier molecular flexibility index (Phi) is 7.20. The highest BCUT2D eigenvalue weighted by atomic mass is 16.3. The zero-order valence-corrected chi connectivity index (χ0v) is 29.7. The van der Waals surface area contributed by atoms with Gasteiger partial charge >= 0.3 is 0 Å². The fourth-order valence-electron chi connectivity index (χ4n) is 8.27. The molecule has 0 spiro atoms. The molecule has 0 amide bonds. The van der Waals surface area contributed by atoms with Crippen molar-refractivity contribution in [2.75, 3.05) is 0 Å². The topological polar surface area (TPSA) is 52.5 Å². The molecule has 0 saturated carbocycles. The number of rotatable bonds is 5. The number of hydrogen-bond donors (Lipinski definition) is 0. The largest absolute Gasteiger partial charge is 0.659 e. The van der Waals surface area contributed by atoms with E-state index >= 15 is 0 Å². The maximum atomic E-state index is 6.62. The molecule has 10 aromatic rings. The molecule has 4 heteroatoms. The number of hydrogen-bond acceptors (Lipinski definition) is 3. The highest BCUT2D eigenvalue weighted by Crippen LogP contribution is 2.46. The monoisotopic (exact) mass is 702 g/mol. The molecule has 1 aliphatic rings. The average Bonchev–Trinajstić information content (AvgIpc) is 3.64. The van der Waals surface area contributed by atoms with Crippen molar-refractivity contribution in [1.29, 1.82) is 0 Å². The van der Waals surface area contributed by atoms with Gasteiger partial charge in [0.05, 0.1) is 16.6 Å². The Hall–Kier alpha value is -7.30. The van der Waals surface area contributed by atoms with Crippen LogP contribution in [-0.4, -0.2) is 4.98 Å². The molecular formula is C51H32N3O-. The number of fused-ring (bicyclic) bond motifs is 7. The van der Waals surface area contributed by atoms with E-state index in [1.807, 2.05) is 18.2 Å². The van der Waals surface area contributed by atoms with Gasteiger partial charge in [-0.1, -0.05) is 158 Å². The quantitative estimate of drug-likeness (QED) is 0.168. The van der Waals surface area contributed by atoms with Gasteiger partial charge in [-0.15, -0.1) is 5.70 Å². The molecule has 1 aliphatic heterocycles. The summed E-state index contributed by atoms with van der Waals surface area (Å²) in [7, 11) is 0. The predicted molar refractivity (Wildman–Crippen MR) is 225 cm³/mol. The van der Waals surface area contributed by atoms with Crippen LogP contribution in [-0.2, 0) is 0 Å². The summed E-state index contributed by atoms with van der Waals surface area (Å²) in [5.74, 6) is 0. The Labute approximate surface area is 317 Å². The summed E-state index contributed by atoms with van der Waals surface area (Å²) in [6.45, 7) is 0. The zero-order valence-electron chi connectivity index (χ0n) is 29.7. The van der Waals surface area contributed by atoms with Crippen LogP contribution in [0.15, 0.2) is 197 Å². The minimum absolute atomic E-state index is 0.383. The van der Waals surface area contributed by atoms with Crippen LogP contribution in [0.1, 0.15) is 17.3 Å². The molecule has 55 heavy (non-hydrogen) atoms. The molecule has 0 radical (unpaired) electrons. The van der Waals surface area contributed by atoms with Crippen molar-refractivity contribution in [2.24, 2.45) is 4.99 Å². The zero-order chi connectivity index (χ0) is 36.3. The van der Waals surface area contributed by atoms with Crippen LogP contribution < -0.4 is 10.6 Å². The van der Waals surface area contributed by atoms with E-state index in [1.54, 1.807) is 0 Å². The van der Waals surface area contributed by atoms with Crippen molar-refractivity contribution in [1.82, 2.24) is 4.98 Å². The van der Waals surface area contributed by atoms with Crippen LogP contribution in [0.5, 0.6) is 0 Å². The number of para-hydroxylation sites is 3. The molecular weight excluding hydrogens is 671 g/mol.